The summed E-state index contributed by atoms with van der Waals surface area (Å²) in [6, 6.07) is 4.33. The van der Waals surface area contributed by atoms with Gasteiger partial charge in [-0.25, -0.2) is 0 Å². The van der Waals surface area contributed by atoms with Crippen LogP contribution in [0.4, 0.5) is 5.69 Å². The average Bonchev–Trinajstić information content (AvgIpc) is 2.47. The second-order valence-corrected chi connectivity index (χ2v) is 6.05. The fourth-order valence-electron chi connectivity index (χ4n) is 1.84. The van der Waals surface area contributed by atoms with E-state index in [2.05, 4.69) is 0 Å². The first-order valence-corrected chi connectivity index (χ1v) is 7.03. The molecule has 2 rings (SSSR count). The maximum atomic E-state index is 11.9. The van der Waals surface area contributed by atoms with Gasteiger partial charge >= 0.3 is 11.7 Å². The second-order valence-electron chi connectivity index (χ2n) is 6.05. The molecule has 0 aliphatic carbocycles. The summed E-state index contributed by atoms with van der Waals surface area (Å²) in [5.74, 6) is -0.613. The minimum Gasteiger partial charge on any atom is -0.419 e. The Kier molecular flexibility index (Phi) is 4.77. The highest BCUT2D eigenvalue weighted by Gasteiger charge is 2.28. The van der Waals surface area contributed by atoms with Crippen LogP contribution in [0.15, 0.2) is 18.2 Å². The van der Waals surface area contributed by atoms with Gasteiger partial charge in [-0.05, 0) is 39.3 Å². The van der Waals surface area contributed by atoms with E-state index < -0.39 is 22.6 Å². The van der Waals surface area contributed by atoms with Crippen LogP contribution in [0.5, 0.6) is 5.75 Å². The summed E-state index contributed by atoms with van der Waals surface area (Å²) in [6.07, 6.45) is 0.166. The van der Waals surface area contributed by atoms with Gasteiger partial charge in [-0.2, -0.15) is 0 Å². The van der Waals surface area contributed by atoms with E-state index in [0.717, 1.165) is 6.42 Å². The summed E-state index contributed by atoms with van der Waals surface area (Å²) in [7, 11) is 0. The van der Waals surface area contributed by atoms with Crippen molar-refractivity contribution < 1.29 is 23.9 Å². The van der Waals surface area contributed by atoms with E-state index in [0.29, 0.717) is 18.8 Å². The number of hydrogen-bond acceptors (Lipinski definition) is 6. The van der Waals surface area contributed by atoms with E-state index in [4.69, 9.17) is 14.2 Å². The average molecular weight is 309 g/mol. The topological polar surface area (TPSA) is 87.9 Å². The highest BCUT2D eigenvalue weighted by atomic mass is 16.7. The van der Waals surface area contributed by atoms with E-state index in [9.17, 15) is 14.9 Å². The molecule has 0 N–H and O–H groups in total. The summed E-state index contributed by atoms with van der Waals surface area (Å²) < 4.78 is 16.0. The predicted molar refractivity (Wildman–Crippen MR) is 77.4 cm³/mol. The normalized spacial score (nSPS) is 16.3. The van der Waals surface area contributed by atoms with Gasteiger partial charge in [-0.15, -0.1) is 0 Å². The molecule has 1 heterocycles. The van der Waals surface area contributed by atoms with Crippen molar-refractivity contribution in [3.8, 4) is 5.75 Å². The van der Waals surface area contributed by atoms with Crippen LogP contribution in [0.3, 0.4) is 0 Å². The van der Waals surface area contributed by atoms with Gasteiger partial charge in [-0.1, -0.05) is 0 Å². The van der Waals surface area contributed by atoms with Crippen LogP contribution in [0.2, 0.25) is 0 Å². The van der Waals surface area contributed by atoms with Crippen molar-refractivity contribution >= 4 is 11.7 Å². The molecule has 7 heteroatoms. The molecule has 0 amide bonds. The number of benzene rings is 1. The van der Waals surface area contributed by atoms with Gasteiger partial charge < -0.3 is 14.2 Å². The molecule has 1 aromatic rings. The van der Waals surface area contributed by atoms with E-state index >= 15 is 0 Å². The first-order chi connectivity index (χ1) is 10.3. The lowest BCUT2D eigenvalue weighted by Crippen LogP contribution is -2.26. The fourth-order valence-corrected chi connectivity index (χ4v) is 1.84. The number of nitrogens with zero attached hydrogens (tertiary/aromatic N) is 1. The van der Waals surface area contributed by atoms with Crippen LogP contribution in [-0.4, -0.2) is 24.1 Å². The van der Waals surface area contributed by atoms with Crippen molar-refractivity contribution in [3.05, 3.63) is 33.9 Å². The van der Waals surface area contributed by atoms with Crippen LogP contribution in [0, 0.1) is 15.5 Å². The third kappa shape index (κ3) is 3.80. The number of nitro benzene ring substituents is 1. The Morgan fingerprint density at radius 1 is 1.32 bits per heavy atom. The lowest BCUT2D eigenvalue weighted by Gasteiger charge is -2.23. The zero-order valence-electron chi connectivity index (χ0n) is 12.8. The van der Waals surface area contributed by atoms with Crippen molar-refractivity contribution in [3.63, 3.8) is 0 Å². The first kappa shape index (κ1) is 16.4. The molecule has 1 saturated heterocycles. The summed E-state index contributed by atoms with van der Waals surface area (Å²) in [4.78, 5) is 22.5. The quantitative estimate of drug-likeness (QED) is 0.369. The van der Waals surface area contributed by atoms with Gasteiger partial charge in [0.05, 0.1) is 23.6 Å². The van der Waals surface area contributed by atoms with Crippen LogP contribution in [0.25, 0.3) is 0 Å². The molecule has 0 aromatic heterocycles. The summed E-state index contributed by atoms with van der Waals surface area (Å²) in [5, 5.41) is 11.2. The smallest absolute Gasteiger partial charge is 0.316 e. The summed E-state index contributed by atoms with van der Waals surface area (Å²) in [5.41, 5.74) is -0.503. The zero-order valence-corrected chi connectivity index (χ0v) is 12.8. The number of rotatable bonds is 3. The molecule has 0 radical (unpaired) electrons. The Bertz CT molecular complexity index is 572. The van der Waals surface area contributed by atoms with Gasteiger partial charge in [-0.3, -0.25) is 14.9 Å². The molecule has 0 bridgehead atoms. The molecule has 0 unspecified atom stereocenters. The second kappa shape index (κ2) is 6.41. The van der Waals surface area contributed by atoms with Crippen molar-refractivity contribution in [2.24, 2.45) is 5.41 Å². The van der Waals surface area contributed by atoms with E-state index in [-0.39, 0.29) is 11.4 Å². The van der Waals surface area contributed by atoms with Crippen LogP contribution < -0.4 is 4.74 Å². The summed E-state index contributed by atoms with van der Waals surface area (Å²) >= 11 is 0. The molecule has 0 saturated carbocycles. The van der Waals surface area contributed by atoms with E-state index in [1.807, 2.05) is 0 Å². The van der Waals surface area contributed by atoms with Gasteiger partial charge in [0, 0.05) is 11.6 Å². The fraction of sp³-hybridized carbons (Fsp3) is 0.533. The molecule has 1 aliphatic rings. The molecule has 1 aliphatic heterocycles. The maximum Gasteiger partial charge on any atom is 0.316 e. The molecule has 0 spiro atoms. The minimum atomic E-state index is -0.748. The van der Waals surface area contributed by atoms with Crippen molar-refractivity contribution in [1.29, 1.82) is 0 Å². The Morgan fingerprint density at radius 2 is 1.95 bits per heavy atom. The van der Waals surface area contributed by atoms with Crippen LogP contribution in [0.1, 0.15) is 39.0 Å². The molecule has 120 valence electrons. The molecule has 1 aromatic carbocycles. The number of carbonyl (C=O) groups excluding carboxylic acids is 1. The highest BCUT2D eigenvalue weighted by molar-refractivity contribution is 5.79. The van der Waals surface area contributed by atoms with Crippen LogP contribution >= 0.6 is 0 Å². The largest absolute Gasteiger partial charge is 0.419 e. The number of hydrogen-bond donors (Lipinski definition) is 0. The minimum absolute atomic E-state index is 0.0792. The number of esters is 1. The molecular formula is C15H19NO6. The van der Waals surface area contributed by atoms with Crippen LogP contribution in [-0.2, 0) is 14.3 Å². The third-order valence-corrected chi connectivity index (χ3v) is 3.09. The highest BCUT2D eigenvalue weighted by Crippen LogP contribution is 2.33. The standard InChI is InChI=1S/C15H19NO6/c1-15(2,3)14(17)22-12-6-5-10(9-11(12)16(18)19)13-20-7-4-8-21-13/h5-6,9,13H,4,7-8H2,1-3H3. The van der Waals surface area contributed by atoms with Crippen molar-refractivity contribution in [2.45, 2.75) is 33.5 Å². The van der Waals surface area contributed by atoms with Gasteiger partial charge in [0.2, 0.25) is 5.75 Å². The first-order valence-electron chi connectivity index (χ1n) is 7.03. The molecular weight excluding hydrogens is 290 g/mol. The molecule has 1 fully saturated rings. The Labute approximate surface area is 128 Å². The van der Waals surface area contributed by atoms with Gasteiger partial charge in [0.15, 0.2) is 6.29 Å². The lowest BCUT2D eigenvalue weighted by atomic mass is 9.97. The van der Waals surface area contributed by atoms with E-state index in [1.54, 1.807) is 26.8 Å². The number of carbonyl (C=O) groups is 1. The Hall–Kier alpha value is -1.99. The summed E-state index contributed by atoms with van der Waals surface area (Å²) in [6.45, 7) is 6.12. The van der Waals surface area contributed by atoms with Crippen molar-refractivity contribution in [1.82, 2.24) is 0 Å². The molecule has 0 atom stereocenters. The zero-order chi connectivity index (χ0) is 16.3. The molecule has 22 heavy (non-hydrogen) atoms. The predicted octanol–water partition coefficient (Wildman–Crippen LogP) is 2.98. The number of nitro groups is 1. The van der Waals surface area contributed by atoms with Gasteiger partial charge in [0.1, 0.15) is 0 Å². The Morgan fingerprint density at radius 3 is 2.50 bits per heavy atom. The van der Waals surface area contributed by atoms with Crippen molar-refractivity contribution in [2.75, 3.05) is 13.2 Å². The SMILES string of the molecule is CC(C)(C)C(=O)Oc1ccc(C2OCCCO2)cc1[N+](=O)[O-]. The lowest BCUT2D eigenvalue weighted by molar-refractivity contribution is -0.385. The molecule has 7 nitrogen and oxygen atoms in total. The van der Waals surface area contributed by atoms with Gasteiger partial charge in [0.25, 0.3) is 0 Å². The maximum absolute atomic E-state index is 11.9. The Balaban J connectivity index is 2.27. The number of ether oxygens (including phenoxy) is 3. The van der Waals surface area contributed by atoms with E-state index in [1.165, 1.54) is 12.1 Å². The monoisotopic (exact) mass is 309 g/mol. The third-order valence-electron chi connectivity index (χ3n) is 3.09.